The predicted molar refractivity (Wildman–Crippen MR) is 71.0 cm³/mol. The van der Waals surface area contributed by atoms with Gasteiger partial charge in [0.25, 0.3) is 0 Å². The van der Waals surface area contributed by atoms with Crippen LogP contribution in [0.5, 0.6) is 0 Å². The molecule has 0 saturated carbocycles. The highest BCUT2D eigenvalue weighted by molar-refractivity contribution is 4.63. The van der Waals surface area contributed by atoms with E-state index >= 15 is 0 Å². The lowest BCUT2D eigenvalue weighted by atomic mass is 10.2. The third-order valence-corrected chi connectivity index (χ3v) is 3.09. The van der Waals surface area contributed by atoms with E-state index in [1.807, 2.05) is 0 Å². The van der Waals surface area contributed by atoms with Gasteiger partial charge < -0.3 is 15.0 Å². The molecular weight excluding hydrogens is 200 g/mol. The Morgan fingerprint density at radius 1 is 1.12 bits per heavy atom. The van der Waals surface area contributed by atoms with Crippen LogP contribution in [0.15, 0.2) is 0 Å². The van der Waals surface area contributed by atoms with E-state index in [0.717, 1.165) is 19.6 Å². The second-order valence-electron chi connectivity index (χ2n) is 4.25. The van der Waals surface area contributed by atoms with E-state index in [0.29, 0.717) is 6.04 Å². The van der Waals surface area contributed by atoms with Crippen LogP contribution in [0.1, 0.15) is 40.0 Å². The number of hydrogen-bond acceptors (Lipinski definition) is 3. The van der Waals surface area contributed by atoms with E-state index < -0.39 is 0 Å². The number of ether oxygens (including phenoxy) is 1. The molecule has 98 valence electrons. The van der Waals surface area contributed by atoms with Gasteiger partial charge in [0.2, 0.25) is 0 Å². The molecule has 1 atom stereocenters. The SMILES string of the molecule is CCC(COC)NCCCCN(CC)CC. The average molecular weight is 230 g/mol. The summed E-state index contributed by atoms with van der Waals surface area (Å²) in [6.07, 6.45) is 3.69. The zero-order valence-electron chi connectivity index (χ0n) is 11.6. The second kappa shape index (κ2) is 11.4. The fourth-order valence-electron chi connectivity index (χ4n) is 1.83. The Morgan fingerprint density at radius 2 is 1.81 bits per heavy atom. The van der Waals surface area contributed by atoms with Gasteiger partial charge in [0.15, 0.2) is 0 Å². The summed E-state index contributed by atoms with van der Waals surface area (Å²) in [5.74, 6) is 0. The van der Waals surface area contributed by atoms with Crippen LogP contribution < -0.4 is 5.32 Å². The van der Waals surface area contributed by atoms with Gasteiger partial charge in [0.05, 0.1) is 6.61 Å². The molecule has 0 saturated heterocycles. The summed E-state index contributed by atoms with van der Waals surface area (Å²) >= 11 is 0. The second-order valence-corrected chi connectivity index (χ2v) is 4.25. The average Bonchev–Trinajstić information content (AvgIpc) is 2.32. The van der Waals surface area contributed by atoms with E-state index in [9.17, 15) is 0 Å². The van der Waals surface area contributed by atoms with Gasteiger partial charge in [-0.2, -0.15) is 0 Å². The topological polar surface area (TPSA) is 24.5 Å². The lowest BCUT2D eigenvalue weighted by Gasteiger charge is -2.19. The Kier molecular flexibility index (Phi) is 11.3. The molecule has 0 aromatic rings. The maximum absolute atomic E-state index is 5.15. The highest BCUT2D eigenvalue weighted by Gasteiger charge is 2.04. The molecule has 0 amide bonds. The molecular formula is C13H30N2O. The summed E-state index contributed by atoms with van der Waals surface area (Å²) in [7, 11) is 1.77. The smallest absolute Gasteiger partial charge is 0.0615 e. The number of nitrogens with one attached hydrogen (secondary N) is 1. The predicted octanol–water partition coefficient (Wildman–Crippen LogP) is 2.12. The summed E-state index contributed by atoms with van der Waals surface area (Å²) in [5, 5.41) is 3.54. The summed E-state index contributed by atoms with van der Waals surface area (Å²) in [6.45, 7) is 12.2. The van der Waals surface area contributed by atoms with Crippen molar-refractivity contribution < 1.29 is 4.74 Å². The van der Waals surface area contributed by atoms with Crippen molar-refractivity contribution in [2.45, 2.75) is 46.1 Å². The Labute approximate surface area is 102 Å². The third-order valence-electron chi connectivity index (χ3n) is 3.09. The molecule has 0 aromatic heterocycles. The fraction of sp³-hybridized carbons (Fsp3) is 1.00. The molecule has 3 nitrogen and oxygen atoms in total. The zero-order valence-corrected chi connectivity index (χ0v) is 11.6. The highest BCUT2D eigenvalue weighted by Crippen LogP contribution is 1.96. The monoisotopic (exact) mass is 230 g/mol. The fourth-order valence-corrected chi connectivity index (χ4v) is 1.83. The molecule has 0 bridgehead atoms. The first-order chi connectivity index (χ1) is 7.78. The van der Waals surface area contributed by atoms with Crippen LogP contribution in [0.25, 0.3) is 0 Å². The standard InChI is InChI=1S/C13H30N2O/c1-5-13(12-16-4)14-10-8-9-11-15(6-2)7-3/h13-14H,5-12H2,1-4H3. The minimum absolute atomic E-state index is 0.526. The highest BCUT2D eigenvalue weighted by atomic mass is 16.5. The van der Waals surface area contributed by atoms with E-state index in [1.165, 1.54) is 32.5 Å². The molecule has 1 unspecified atom stereocenters. The van der Waals surface area contributed by atoms with Crippen LogP contribution >= 0.6 is 0 Å². The van der Waals surface area contributed by atoms with E-state index in [4.69, 9.17) is 4.74 Å². The Hall–Kier alpha value is -0.120. The first-order valence-corrected chi connectivity index (χ1v) is 6.73. The zero-order chi connectivity index (χ0) is 12.2. The van der Waals surface area contributed by atoms with Gasteiger partial charge in [-0.1, -0.05) is 20.8 Å². The van der Waals surface area contributed by atoms with Crippen LogP contribution in [-0.4, -0.2) is 50.8 Å². The van der Waals surface area contributed by atoms with Crippen LogP contribution in [-0.2, 0) is 4.74 Å². The van der Waals surface area contributed by atoms with Crippen molar-refractivity contribution in [3.63, 3.8) is 0 Å². The summed E-state index contributed by atoms with van der Waals surface area (Å²) in [4.78, 5) is 2.48. The molecule has 0 aliphatic carbocycles. The lowest BCUT2D eigenvalue weighted by Crippen LogP contribution is -2.33. The molecule has 0 aliphatic rings. The maximum Gasteiger partial charge on any atom is 0.0615 e. The van der Waals surface area contributed by atoms with Crippen molar-refractivity contribution in [1.82, 2.24) is 10.2 Å². The van der Waals surface area contributed by atoms with Crippen molar-refractivity contribution in [1.29, 1.82) is 0 Å². The Morgan fingerprint density at radius 3 is 2.31 bits per heavy atom. The Bertz CT molecular complexity index is 138. The largest absolute Gasteiger partial charge is 0.383 e. The number of rotatable bonds is 11. The molecule has 16 heavy (non-hydrogen) atoms. The van der Waals surface area contributed by atoms with Crippen LogP contribution in [0.3, 0.4) is 0 Å². The number of methoxy groups -OCH3 is 1. The minimum Gasteiger partial charge on any atom is -0.383 e. The third kappa shape index (κ3) is 8.08. The first kappa shape index (κ1) is 15.9. The normalized spacial score (nSPS) is 13.3. The maximum atomic E-state index is 5.15. The van der Waals surface area contributed by atoms with Gasteiger partial charge in [-0.15, -0.1) is 0 Å². The van der Waals surface area contributed by atoms with Gasteiger partial charge in [-0.05, 0) is 45.4 Å². The van der Waals surface area contributed by atoms with Crippen LogP contribution in [0.4, 0.5) is 0 Å². The van der Waals surface area contributed by atoms with Crippen LogP contribution in [0.2, 0.25) is 0 Å². The van der Waals surface area contributed by atoms with Gasteiger partial charge in [-0.25, -0.2) is 0 Å². The van der Waals surface area contributed by atoms with Gasteiger partial charge in [-0.3, -0.25) is 0 Å². The molecule has 0 fully saturated rings. The van der Waals surface area contributed by atoms with Crippen molar-refractivity contribution in [2.75, 3.05) is 39.9 Å². The van der Waals surface area contributed by atoms with E-state index in [1.54, 1.807) is 7.11 Å². The molecule has 0 radical (unpaired) electrons. The summed E-state index contributed by atoms with van der Waals surface area (Å²) in [5.41, 5.74) is 0. The van der Waals surface area contributed by atoms with Gasteiger partial charge in [0, 0.05) is 13.2 Å². The molecule has 3 heteroatoms. The quantitative estimate of drug-likeness (QED) is 0.550. The van der Waals surface area contributed by atoms with E-state index in [2.05, 4.69) is 31.0 Å². The molecule has 1 N–H and O–H groups in total. The van der Waals surface area contributed by atoms with Crippen LogP contribution in [0, 0.1) is 0 Å². The number of hydrogen-bond donors (Lipinski definition) is 1. The van der Waals surface area contributed by atoms with Crippen molar-refractivity contribution in [3.8, 4) is 0 Å². The molecule has 0 rings (SSSR count). The van der Waals surface area contributed by atoms with Gasteiger partial charge in [0.1, 0.15) is 0 Å². The summed E-state index contributed by atoms with van der Waals surface area (Å²) in [6, 6.07) is 0.526. The summed E-state index contributed by atoms with van der Waals surface area (Å²) < 4.78 is 5.15. The molecule has 0 aromatic carbocycles. The van der Waals surface area contributed by atoms with Crippen molar-refractivity contribution in [2.24, 2.45) is 0 Å². The van der Waals surface area contributed by atoms with Gasteiger partial charge >= 0.3 is 0 Å². The number of nitrogens with zero attached hydrogens (tertiary/aromatic N) is 1. The Balaban J connectivity index is 3.37. The minimum atomic E-state index is 0.526. The molecule has 0 heterocycles. The number of unbranched alkanes of at least 4 members (excludes halogenated alkanes) is 1. The molecule has 0 spiro atoms. The lowest BCUT2D eigenvalue weighted by molar-refractivity contribution is 0.164. The molecule has 0 aliphatic heterocycles. The van der Waals surface area contributed by atoms with Crippen molar-refractivity contribution in [3.05, 3.63) is 0 Å². The van der Waals surface area contributed by atoms with E-state index in [-0.39, 0.29) is 0 Å². The first-order valence-electron chi connectivity index (χ1n) is 6.73. The van der Waals surface area contributed by atoms with Crippen molar-refractivity contribution >= 4 is 0 Å².